The number of β-amino-alcohol motifs (C(OH)–C–C–N with tert-alkyl or cyclic N) is 1. The summed E-state index contributed by atoms with van der Waals surface area (Å²) < 4.78 is 5.35. The molecule has 1 aliphatic rings. The zero-order valence-corrected chi connectivity index (χ0v) is 15.7. The molecule has 0 spiro atoms. The van der Waals surface area contributed by atoms with E-state index < -0.39 is 0 Å². The van der Waals surface area contributed by atoms with Crippen molar-refractivity contribution in [3.63, 3.8) is 0 Å². The number of aliphatic hydroxyl groups is 1. The molecule has 6 heteroatoms. The van der Waals surface area contributed by atoms with E-state index in [9.17, 15) is 9.90 Å². The number of aromatic nitrogens is 2. The Hall–Kier alpha value is -2.44. The van der Waals surface area contributed by atoms with Gasteiger partial charge < -0.3 is 9.52 Å². The van der Waals surface area contributed by atoms with Gasteiger partial charge in [0.25, 0.3) is 0 Å². The van der Waals surface area contributed by atoms with Crippen molar-refractivity contribution in [2.24, 2.45) is 5.92 Å². The highest BCUT2D eigenvalue weighted by molar-refractivity contribution is 5.80. The molecule has 3 heterocycles. The third kappa shape index (κ3) is 3.82. The second-order valence-electron chi connectivity index (χ2n) is 7.54. The van der Waals surface area contributed by atoms with Crippen molar-refractivity contribution in [1.82, 2.24) is 15.1 Å². The Labute approximate surface area is 157 Å². The number of rotatable bonds is 5. The molecule has 0 amide bonds. The lowest BCUT2D eigenvalue weighted by Crippen LogP contribution is -2.22. The highest BCUT2D eigenvalue weighted by Gasteiger charge is 2.32. The first kappa shape index (κ1) is 17.9. The van der Waals surface area contributed by atoms with Crippen LogP contribution in [-0.2, 0) is 19.4 Å². The molecule has 1 saturated heterocycles. The molecule has 2 N–H and O–H groups in total. The van der Waals surface area contributed by atoms with E-state index >= 15 is 0 Å². The van der Waals surface area contributed by atoms with Gasteiger partial charge in [-0.1, -0.05) is 13.0 Å². The molecule has 6 nitrogen and oxygen atoms in total. The van der Waals surface area contributed by atoms with Crippen LogP contribution in [0.15, 0.2) is 39.5 Å². The Morgan fingerprint density at radius 3 is 2.89 bits per heavy atom. The third-order valence-electron chi connectivity index (χ3n) is 5.41. The summed E-state index contributed by atoms with van der Waals surface area (Å²) >= 11 is 0. The number of hydrogen-bond donors (Lipinski definition) is 2. The van der Waals surface area contributed by atoms with Crippen LogP contribution in [0.4, 0.5) is 0 Å². The predicted octanol–water partition coefficient (Wildman–Crippen LogP) is 2.42. The quantitative estimate of drug-likeness (QED) is 0.677. The molecule has 0 bridgehead atoms. The SMILES string of the molecule is CCc1ccc2oc(=O)cc(CN3C[C@@H](Cc4cc(C)[nH]n4)[C@@H](O)C3)c2c1. The molecular formula is C21H25N3O3. The van der Waals surface area contributed by atoms with Crippen LogP contribution in [0.1, 0.15) is 29.4 Å². The van der Waals surface area contributed by atoms with E-state index in [4.69, 9.17) is 4.42 Å². The molecule has 142 valence electrons. The second-order valence-corrected chi connectivity index (χ2v) is 7.54. The van der Waals surface area contributed by atoms with Gasteiger partial charge in [-0.05, 0) is 49.1 Å². The maximum absolute atomic E-state index is 12.0. The molecule has 0 unspecified atom stereocenters. The van der Waals surface area contributed by atoms with Crippen molar-refractivity contribution < 1.29 is 9.52 Å². The first-order chi connectivity index (χ1) is 13.0. The summed E-state index contributed by atoms with van der Waals surface area (Å²) in [6.07, 6.45) is 1.29. The van der Waals surface area contributed by atoms with Crippen LogP contribution >= 0.6 is 0 Å². The van der Waals surface area contributed by atoms with Gasteiger partial charge in [-0.25, -0.2) is 4.79 Å². The van der Waals surface area contributed by atoms with Gasteiger partial charge in [0.2, 0.25) is 0 Å². The first-order valence-corrected chi connectivity index (χ1v) is 9.49. The van der Waals surface area contributed by atoms with E-state index in [1.807, 2.05) is 25.1 Å². The van der Waals surface area contributed by atoms with Gasteiger partial charge in [0, 0.05) is 42.7 Å². The topological polar surface area (TPSA) is 82.4 Å². The minimum atomic E-state index is -0.389. The molecular weight excluding hydrogens is 342 g/mol. The summed E-state index contributed by atoms with van der Waals surface area (Å²) in [5.74, 6) is 0.144. The van der Waals surface area contributed by atoms with Crippen LogP contribution in [0.5, 0.6) is 0 Å². The maximum Gasteiger partial charge on any atom is 0.336 e. The van der Waals surface area contributed by atoms with Gasteiger partial charge in [-0.2, -0.15) is 5.10 Å². The summed E-state index contributed by atoms with van der Waals surface area (Å²) in [6.45, 7) is 6.09. The zero-order valence-electron chi connectivity index (χ0n) is 15.7. The first-order valence-electron chi connectivity index (χ1n) is 9.49. The van der Waals surface area contributed by atoms with Crippen LogP contribution in [0.25, 0.3) is 11.0 Å². The number of aryl methyl sites for hydroxylation is 2. The maximum atomic E-state index is 12.0. The van der Waals surface area contributed by atoms with Crippen LogP contribution in [0.2, 0.25) is 0 Å². The van der Waals surface area contributed by atoms with E-state index in [0.717, 1.165) is 41.7 Å². The fraction of sp³-hybridized carbons (Fsp3) is 0.429. The third-order valence-corrected chi connectivity index (χ3v) is 5.41. The molecule has 0 radical (unpaired) electrons. The van der Waals surface area contributed by atoms with Crippen molar-refractivity contribution in [3.05, 3.63) is 63.3 Å². The number of nitrogens with one attached hydrogen (secondary N) is 1. The predicted molar refractivity (Wildman–Crippen MR) is 104 cm³/mol. The van der Waals surface area contributed by atoms with E-state index in [-0.39, 0.29) is 17.6 Å². The van der Waals surface area contributed by atoms with Crippen molar-refractivity contribution in [3.8, 4) is 0 Å². The average molecular weight is 367 g/mol. The Bertz CT molecular complexity index is 1010. The Balaban J connectivity index is 1.54. The largest absolute Gasteiger partial charge is 0.423 e. The lowest BCUT2D eigenvalue weighted by Gasteiger charge is -2.16. The van der Waals surface area contributed by atoms with E-state index in [0.29, 0.717) is 18.7 Å². The lowest BCUT2D eigenvalue weighted by atomic mass is 10.00. The van der Waals surface area contributed by atoms with Crippen molar-refractivity contribution in [1.29, 1.82) is 0 Å². The molecule has 2 atom stereocenters. The van der Waals surface area contributed by atoms with Gasteiger partial charge >= 0.3 is 5.63 Å². The normalized spacial score (nSPS) is 20.6. The molecule has 0 saturated carbocycles. The molecule has 2 aromatic heterocycles. The molecule has 0 aliphatic carbocycles. The van der Waals surface area contributed by atoms with Gasteiger partial charge in [0.15, 0.2) is 0 Å². The van der Waals surface area contributed by atoms with Gasteiger partial charge in [0.05, 0.1) is 11.8 Å². The van der Waals surface area contributed by atoms with Crippen LogP contribution < -0.4 is 5.63 Å². The molecule has 3 aromatic rings. The number of nitrogens with zero attached hydrogens (tertiary/aromatic N) is 2. The van der Waals surface area contributed by atoms with Crippen molar-refractivity contribution in [2.75, 3.05) is 13.1 Å². The molecule has 1 aromatic carbocycles. The van der Waals surface area contributed by atoms with Crippen LogP contribution in [0, 0.1) is 12.8 Å². The minimum Gasteiger partial charge on any atom is -0.423 e. The standard InChI is InChI=1S/C21H25N3O3/c1-3-14-4-5-20-18(7-14)15(9-21(26)27-20)10-24-11-16(19(25)12-24)8-17-6-13(2)22-23-17/h4-7,9,16,19,25H,3,8,10-12H2,1-2H3,(H,22,23)/t16-,19+/m1/s1. The fourth-order valence-electron chi connectivity index (χ4n) is 3.99. The number of aromatic amines is 1. The number of likely N-dealkylation sites (tertiary alicyclic amines) is 1. The van der Waals surface area contributed by atoms with Crippen LogP contribution in [-0.4, -0.2) is 39.4 Å². The monoisotopic (exact) mass is 367 g/mol. The molecule has 4 rings (SSSR count). The van der Waals surface area contributed by atoms with Gasteiger partial charge in [0.1, 0.15) is 5.58 Å². The Morgan fingerprint density at radius 2 is 2.15 bits per heavy atom. The second kappa shape index (κ2) is 7.29. The Kier molecular flexibility index (Phi) is 4.85. The minimum absolute atomic E-state index is 0.144. The van der Waals surface area contributed by atoms with E-state index in [1.54, 1.807) is 6.07 Å². The number of fused-ring (bicyclic) bond motifs is 1. The van der Waals surface area contributed by atoms with Crippen molar-refractivity contribution >= 4 is 11.0 Å². The highest BCUT2D eigenvalue weighted by atomic mass is 16.4. The number of benzene rings is 1. The molecule has 1 aliphatic heterocycles. The van der Waals surface area contributed by atoms with E-state index in [1.165, 1.54) is 5.56 Å². The summed E-state index contributed by atoms with van der Waals surface area (Å²) in [4.78, 5) is 14.2. The Morgan fingerprint density at radius 1 is 1.30 bits per heavy atom. The van der Waals surface area contributed by atoms with Gasteiger partial charge in [-0.3, -0.25) is 10.00 Å². The highest BCUT2D eigenvalue weighted by Crippen LogP contribution is 2.25. The summed E-state index contributed by atoms with van der Waals surface area (Å²) in [5.41, 5.74) is 4.48. The van der Waals surface area contributed by atoms with E-state index in [2.05, 4.69) is 28.1 Å². The number of aliphatic hydroxyl groups excluding tert-OH is 1. The smallest absolute Gasteiger partial charge is 0.336 e. The van der Waals surface area contributed by atoms with Crippen molar-refractivity contribution in [2.45, 2.75) is 39.3 Å². The number of hydrogen-bond acceptors (Lipinski definition) is 5. The fourth-order valence-corrected chi connectivity index (χ4v) is 3.99. The summed E-state index contributed by atoms with van der Waals surface area (Å²) in [7, 11) is 0. The lowest BCUT2D eigenvalue weighted by molar-refractivity contribution is 0.140. The van der Waals surface area contributed by atoms with Gasteiger partial charge in [-0.15, -0.1) is 0 Å². The summed E-state index contributed by atoms with van der Waals surface area (Å²) in [6, 6.07) is 9.58. The summed E-state index contributed by atoms with van der Waals surface area (Å²) in [5, 5.41) is 18.7. The zero-order chi connectivity index (χ0) is 19.0. The molecule has 1 fully saturated rings. The number of H-pyrrole nitrogens is 1. The molecule has 27 heavy (non-hydrogen) atoms. The van der Waals surface area contributed by atoms with Crippen LogP contribution in [0.3, 0.4) is 0 Å². The average Bonchev–Trinajstić information content (AvgIpc) is 3.20.